The fourth-order valence-corrected chi connectivity index (χ4v) is 0.637. The zero-order valence-electron chi connectivity index (χ0n) is 6.12. The van der Waals surface area contributed by atoms with Gasteiger partial charge in [-0.25, -0.2) is 0 Å². The van der Waals surface area contributed by atoms with Gasteiger partial charge < -0.3 is 10.2 Å². The van der Waals surface area contributed by atoms with Gasteiger partial charge in [0.1, 0.15) is 0 Å². The molecule has 0 spiro atoms. The summed E-state index contributed by atoms with van der Waals surface area (Å²) in [5.41, 5.74) is 0. The molecule has 0 saturated carbocycles. The van der Waals surface area contributed by atoms with E-state index in [9.17, 15) is 0 Å². The van der Waals surface area contributed by atoms with E-state index in [-0.39, 0.29) is 25.7 Å². The summed E-state index contributed by atoms with van der Waals surface area (Å²) in [6.45, 7) is 0. The predicted octanol–water partition coefficient (Wildman–Crippen LogP) is 0.275. The van der Waals surface area contributed by atoms with Gasteiger partial charge in [-0.2, -0.15) is 10.5 Å². The van der Waals surface area contributed by atoms with Crippen molar-refractivity contribution in [3.8, 4) is 12.1 Å². The van der Waals surface area contributed by atoms with Crippen LogP contribution in [-0.4, -0.2) is 16.0 Å². The van der Waals surface area contributed by atoms with Gasteiger partial charge in [0.15, 0.2) is 5.79 Å². The Kier molecular flexibility index (Phi) is 4.21. The molecule has 0 aliphatic carbocycles. The fraction of sp³-hybridized carbons (Fsp3) is 0.714. The third-order valence-electron chi connectivity index (χ3n) is 1.27. The molecule has 2 N–H and O–H groups in total. The van der Waals surface area contributed by atoms with Crippen molar-refractivity contribution < 1.29 is 10.2 Å². The minimum atomic E-state index is -1.84. The second-order valence-electron chi connectivity index (χ2n) is 2.30. The van der Waals surface area contributed by atoms with E-state index >= 15 is 0 Å². The standard InChI is InChI=1S/C7H10N2O2/c8-5-1-3-7(10,11)4-2-6-9/h10-11H,1-4H2. The van der Waals surface area contributed by atoms with Crippen molar-refractivity contribution in [1.82, 2.24) is 0 Å². The summed E-state index contributed by atoms with van der Waals surface area (Å²) in [4.78, 5) is 0. The van der Waals surface area contributed by atoms with Gasteiger partial charge in [0.2, 0.25) is 0 Å². The number of hydrogen-bond donors (Lipinski definition) is 2. The van der Waals surface area contributed by atoms with Gasteiger partial charge in [-0.1, -0.05) is 0 Å². The van der Waals surface area contributed by atoms with Gasteiger partial charge in [0.25, 0.3) is 0 Å². The smallest absolute Gasteiger partial charge is 0.164 e. The summed E-state index contributed by atoms with van der Waals surface area (Å²) in [5.74, 6) is -1.84. The van der Waals surface area contributed by atoms with Crippen molar-refractivity contribution in [3.05, 3.63) is 0 Å². The van der Waals surface area contributed by atoms with Crippen LogP contribution in [0.5, 0.6) is 0 Å². The molecule has 4 heteroatoms. The molecule has 11 heavy (non-hydrogen) atoms. The predicted molar refractivity (Wildman–Crippen MR) is 36.9 cm³/mol. The van der Waals surface area contributed by atoms with Gasteiger partial charge in [-0.05, 0) is 0 Å². The number of aliphatic hydroxyl groups is 2. The number of nitriles is 2. The molecule has 0 aliphatic rings. The fourth-order valence-electron chi connectivity index (χ4n) is 0.637. The van der Waals surface area contributed by atoms with E-state index < -0.39 is 5.79 Å². The molecule has 0 aromatic carbocycles. The first-order valence-electron chi connectivity index (χ1n) is 3.31. The Hall–Kier alpha value is -1.10. The molecule has 0 amide bonds. The minimum absolute atomic E-state index is 0.00514. The zero-order valence-corrected chi connectivity index (χ0v) is 6.12. The lowest BCUT2D eigenvalue weighted by Crippen LogP contribution is -2.27. The highest BCUT2D eigenvalue weighted by molar-refractivity contribution is 4.79. The average Bonchev–Trinajstić information content (AvgIpc) is 1.97. The lowest BCUT2D eigenvalue weighted by Gasteiger charge is -2.18. The van der Waals surface area contributed by atoms with Crippen LogP contribution in [0.15, 0.2) is 0 Å². The Bertz CT molecular complexity index is 168. The minimum Gasteiger partial charge on any atom is -0.366 e. The van der Waals surface area contributed by atoms with Gasteiger partial charge in [0, 0.05) is 25.7 Å². The van der Waals surface area contributed by atoms with E-state index in [2.05, 4.69) is 0 Å². The van der Waals surface area contributed by atoms with E-state index in [0.29, 0.717) is 0 Å². The SMILES string of the molecule is N#CCCC(O)(O)CCC#N. The molecule has 0 unspecified atom stereocenters. The summed E-state index contributed by atoms with van der Waals surface area (Å²) >= 11 is 0. The Morgan fingerprint density at radius 2 is 1.36 bits per heavy atom. The quantitative estimate of drug-likeness (QED) is 0.569. The summed E-state index contributed by atoms with van der Waals surface area (Å²) in [7, 11) is 0. The highest BCUT2D eigenvalue weighted by Crippen LogP contribution is 2.14. The molecule has 0 fully saturated rings. The Morgan fingerprint density at radius 1 is 1.00 bits per heavy atom. The normalized spacial score (nSPS) is 10.2. The highest BCUT2D eigenvalue weighted by Gasteiger charge is 2.21. The second-order valence-corrected chi connectivity index (χ2v) is 2.30. The third-order valence-corrected chi connectivity index (χ3v) is 1.27. The molecular weight excluding hydrogens is 144 g/mol. The molecule has 0 aromatic rings. The van der Waals surface area contributed by atoms with Crippen molar-refractivity contribution in [3.63, 3.8) is 0 Å². The van der Waals surface area contributed by atoms with Crippen LogP contribution in [0.25, 0.3) is 0 Å². The Labute approximate surface area is 65.3 Å². The molecule has 0 aromatic heterocycles. The van der Waals surface area contributed by atoms with E-state index in [0.717, 1.165) is 0 Å². The van der Waals surface area contributed by atoms with Crippen molar-refractivity contribution in [2.24, 2.45) is 0 Å². The van der Waals surface area contributed by atoms with Crippen molar-refractivity contribution >= 4 is 0 Å². The topological polar surface area (TPSA) is 88.0 Å². The largest absolute Gasteiger partial charge is 0.366 e. The molecule has 0 heterocycles. The van der Waals surface area contributed by atoms with Crippen LogP contribution < -0.4 is 0 Å². The Balaban J connectivity index is 3.64. The molecule has 0 rings (SSSR count). The molecule has 0 radical (unpaired) electrons. The van der Waals surface area contributed by atoms with Crippen LogP contribution in [0, 0.1) is 22.7 Å². The number of hydrogen-bond acceptors (Lipinski definition) is 4. The van der Waals surface area contributed by atoms with Gasteiger partial charge in [0.05, 0.1) is 12.1 Å². The molecule has 60 valence electrons. The van der Waals surface area contributed by atoms with Gasteiger partial charge in [-0.3, -0.25) is 0 Å². The number of nitrogens with zero attached hydrogens (tertiary/aromatic N) is 2. The van der Waals surface area contributed by atoms with Crippen LogP contribution in [0.4, 0.5) is 0 Å². The molecule has 0 saturated heterocycles. The van der Waals surface area contributed by atoms with Crippen LogP contribution >= 0.6 is 0 Å². The van der Waals surface area contributed by atoms with Crippen molar-refractivity contribution in [2.75, 3.05) is 0 Å². The first-order valence-corrected chi connectivity index (χ1v) is 3.31. The van der Waals surface area contributed by atoms with Crippen molar-refractivity contribution in [1.29, 1.82) is 10.5 Å². The van der Waals surface area contributed by atoms with E-state index in [1.807, 2.05) is 0 Å². The first kappa shape index (κ1) is 9.90. The third kappa shape index (κ3) is 5.35. The second kappa shape index (κ2) is 4.68. The molecule has 0 bridgehead atoms. The van der Waals surface area contributed by atoms with E-state index in [1.54, 1.807) is 12.1 Å². The van der Waals surface area contributed by atoms with Gasteiger partial charge >= 0.3 is 0 Å². The summed E-state index contributed by atoms with van der Waals surface area (Å²) in [5, 5.41) is 34.3. The van der Waals surface area contributed by atoms with E-state index in [4.69, 9.17) is 20.7 Å². The molecular formula is C7H10N2O2. The van der Waals surface area contributed by atoms with Crippen LogP contribution in [0.2, 0.25) is 0 Å². The van der Waals surface area contributed by atoms with Crippen LogP contribution in [0.3, 0.4) is 0 Å². The monoisotopic (exact) mass is 154 g/mol. The number of rotatable bonds is 4. The summed E-state index contributed by atoms with van der Waals surface area (Å²) < 4.78 is 0. The summed E-state index contributed by atoms with van der Waals surface area (Å²) in [6.07, 6.45) is 0.202. The maximum atomic E-state index is 9.03. The summed E-state index contributed by atoms with van der Waals surface area (Å²) in [6, 6.07) is 3.59. The van der Waals surface area contributed by atoms with Crippen LogP contribution in [0.1, 0.15) is 25.7 Å². The van der Waals surface area contributed by atoms with Gasteiger partial charge in [-0.15, -0.1) is 0 Å². The maximum absolute atomic E-state index is 9.03. The Morgan fingerprint density at radius 3 is 1.64 bits per heavy atom. The maximum Gasteiger partial charge on any atom is 0.164 e. The van der Waals surface area contributed by atoms with Crippen LogP contribution in [-0.2, 0) is 0 Å². The molecule has 0 aliphatic heterocycles. The lowest BCUT2D eigenvalue weighted by atomic mass is 10.1. The lowest BCUT2D eigenvalue weighted by molar-refractivity contribution is -0.168. The van der Waals surface area contributed by atoms with E-state index in [1.165, 1.54) is 0 Å². The molecule has 4 nitrogen and oxygen atoms in total. The van der Waals surface area contributed by atoms with Crippen molar-refractivity contribution in [2.45, 2.75) is 31.5 Å². The molecule has 0 atom stereocenters. The average molecular weight is 154 g/mol. The highest BCUT2D eigenvalue weighted by atomic mass is 16.5. The first-order chi connectivity index (χ1) is 5.12. The zero-order chi connectivity index (χ0) is 8.74.